The van der Waals surface area contributed by atoms with Crippen LogP contribution in [-0.4, -0.2) is 68.0 Å². The molecule has 142 valence electrons. The van der Waals surface area contributed by atoms with Crippen molar-refractivity contribution in [3.05, 3.63) is 18.0 Å². The predicted molar refractivity (Wildman–Crippen MR) is 96.1 cm³/mol. The van der Waals surface area contributed by atoms with Crippen LogP contribution in [0, 0.1) is 0 Å². The molecule has 1 aliphatic rings. The van der Waals surface area contributed by atoms with E-state index >= 15 is 0 Å². The fraction of sp³-hybridized carbons (Fsp3) is 0.706. The average Bonchev–Trinajstić information content (AvgIpc) is 2.97. The van der Waals surface area contributed by atoms with E-state index in [2.05, 4.69) is 0 Å². The van der Waals surface area contributed by atoms with Crippen molar-refractivity contribution in [2.45, 2.75) is 43.6 Å². The monoisotopic (exact) mass is 371 g/mol. The third-order valence-corrected chi connectivity index (χ3v) is 6.23. The number of aryl methyl sites for hydroxylation is 1. The van der Waals surface area contributed by atoms with Gasteiger partial charge in [-0.15, -0.1) is 0 Å². The Bertz CT molecular complexity index is 691. The van der Waals surface area contributed by atoms with Crippen LogP contribution in [-0.2, 0) is 21.8 Å². The zero-order valence-corrected chi connectivity index (χ0v) is 16.4. The summed E-state index contributed by atoms with van der Waals surface area (Å²) in [7, 11) is 1.32. The molecule has 1 saturated heterocycles. The van der Waals surface area contributed by atoms with Crippen molar-refractivity contribution in [2.75, 3.05) is 33.8 Å². The van der Waals surface area contributed by atoms with E-state index < -0.39 is 10.0 Å². The van der Waals surface area contributed by atoms with E-state index in [4.69, 9.17) is 4.74 Å². The highest BCUT2D eigenvalue weighted by Gasteiger charge is 2.30. The van der Waals surface area contributed by atoms with E-state index in [0.717, 1.165) is 25.7 Å². The van der Waals surface area contributed by atoms with Gasteiger partial charge in [-0.1, -0.05) is 6.92 Å². The number of carbonyl (C=O) groups excluding carboxylic acids is 1. The van der Waals surface area contributed by atoms with E-state index in [9.17, 15) is 13.2 Å². The summed E-state index contributed by atoms with van der Waals surface area (Å²) in [4.78, 5) is 13.8. The van der Waals surface area contributed by atoms with Crippen molar-refractivity contribution in [3.8, 4) is 0 Å². The highest BCUT2D eigenvalue weighted by atomic mass is 32.2. The van der Waals surface area contributed by atoms with E-state index in [1.165, 1.54) is 21.5 Å². The van der Waals surface area contributed by atoms with Crippen molar-refractivity contribution in [3.63, 3.8) is 0 Å². The summed E-state index contributed by atoms with van der Waals surface area (Å²) in [5.74, 6) is -0.221. The normalized spacial score (nSPS) is 18.5. The Labute approximate surface area is 150 Å². The van der Waals surface area contributed by atoms with Crippen LogP contribution in [0.4, 0.5) is 0 Å². The third kappa shape index (κ3) is 4.62. The minimum Gasteiger partial charge on any atom is -0.377 e. The number of nitrogens with zero attached hydrogens (tertiary/aromatic N) is 3. The largest absolute Gasteiger partial charge is 0.377 e. The molecule has 0 bridgehead atoms. The summed E-state index contributed by atoms with van der Waals surface area (Å²) in [5.41, 5.74) is 0.355. The van der Waals surface area contributed by atoms with Crippen molar-refractivity contribution >= 4 is 15.9 Å². The molecule has 1 fully saturated rings. The van der Waals surface area contributed by atoms with Gasteiger partial charge in [-0.2, -0.15) is 4.31 Å². The maximum absolute atomic E-state index is 13.1. The SMILES string of the molecule is CCCN(CC1CCCCO1)S(=O)(=O)c1cc(C(=O)N(C)C)n(C)c1. The second-order valence-corrected chi connectivity index (χ2v) is 8.66. The molecule has 1 amide bonds. The van der Waals surface area contributed by atoms with Gasteiger partial charge in [0.05, 0.1) is 6.10 Å². The van der Waals surface area contributed by atoms with Crippen LogP contribution in [0.1, 0.15) is 43.1 Å². The molecule has 0 N–H and O–H groups in total. The summed E-state index contributed by atoms with van der Waals surface area (Å²) >= 11 is 0. The molecule has 1 unspecified atom stereocenters. The van der Waals surface area contributed by atoms with Crippen molar-refractivity contribution in [1.29, 1.82) is 0 Å². The first kappa shape index (κ1) is 19.9. The molecule has 1 atom stereocenters. The number of hydrogen-bond donors (Lipinski definition) is 0. The lowest BCUT2D eigenvalue weighted by atomic mass is 10.1. The third-order valence-electron chi connectivity index (χ3n) is 4.40. The Balaban J connectivity index is 2.27. The highest BCUT2D eigenvalue weighted by Crippen LogP contribution is 2.22. The molecule has 0 spiro atoms. The van der Waals surface area contributed by atoms with Crippen LogP contribution in [0.3, 0.4) is 0 Å². The molecule has 7 nitrogen and oxygen atoms in total. The fourth-order valence-electron chi connectivity index (χ4n) is 3.00. The summed E-state index contributed by atoms with van der Waals surface area (Å²) in [6.45, 7) is 3.45. The Morgan fingerprint density at radius 1 is 1.36 bits per heavy atom. The molecule has 25 heavy (non-hydrogen) atoms. The molecule has 1 aromatic heterocycles. The Morgan fingerprint density at radius 2 is 2.08 bits per heavy atom. The highest BCUT2D eigenvalue weighted by molar-refractivity contribution is 7.89. The van der Waals surface area contributed by atoms with E-state index in [0.29, 0.717) is 25.4 Å². The van der Waals surface area contributed by atoms with Crippen molar-refractivity contribution in [1.82, 2.24) is 13.8 Å². The minimum atomic E-state index is -3.66. The summed E-state index contributed by atoms with van der Waals surface area (Å²) in [6, 6.07) is 1.46. The number of hydrogen-bond acceptors (Lipinski definition) is 4. The number of sulfonamides is 1. The van der Waals surface area contributed by atoms with Crippen LogP contribution < -0.4 is 0 Å². The van der Waals surface area contributed by atoms with Gasteiger partial charge in [-0.25, -0.2) is 8.42 Å². The first-order chi connectivity index (χ1) is 11.8. The van der Waals surface area contributed by atoms with Gasteiger partial charge in [0.1, 0.15) is 10.6 Å². The Hall–Kier alpha value is -1.38. The van der Waals surface area contributed by atoms with E-state index in [1.54, 1.807) is 25.7 Å². The molecular weight excluding hydrogens is 342 g/mol. The van der Waals surface area contributed by atoms with Crippen molar-refractivity contribution in [2.24, 2.45) is 7.05 Å². The topological polar surface area (TPSA) is 71.8 Å². The lowest BCUT2D eigenvalue weighted by Gasteiger charge is -2.29. The van der Waals surface area contributed by atoms with E-state index in [-0.39, 0.29) is 16.9 Å². The standard InChI is InChI=1S/C17H29N3O4S/c1-5-9-20(12-14-8-6-7-10-24-14)25(22,23)15-11-16(19(4)13-15)17(21)18(2)3/h11,13-14H,5-10,12H2,1-4H3. The molecule has 0 aromatic carbocycles. The van der Waals surface area contributed by atoms with Gasteiger partial charge < -0.3 is 14.2 Å². The van der Waals surface area contributed by atoms with E-state index in [1.807, 2.05) is 6.92 Å². The quantitative estimate of drug-likeness (QED) is 0.731. The smallest absolute Gasteiger partial charge is 0.269 e. The number of aromatic nitrogens is 1. The van der Waals surface area contributed by atoms with Gasteiger partial charge in [0, 0.05) is 47.0 Å². The molecule has 0 saturated carbocycles. The molecule has 0 aliphatic carbocycles. The summed E-state index contributed by atoms with van der Waals surface area (Å²) in [5, 5.41) is 0. The van der Waals surface area contributed by atoms with Gasteiger partial charge in [0.15, 0.2) is 0 Å². The van der Waals surface area contributed by atoms with Crippen LogP contribution in [0.15, 0.2) is 17.2 Å². The molecule has 2 heterocycles. The lowest BCUT2D eigenvalue weighted by molar-refractivity contribution is 0.00624. The Morgan fingerprint density at radius 3 is 2.64 bits per heavy atom. The molecule has 8 heteroatoms. The average molecular weight is 372 g/mol. The second-order valence-electron chi connectivity index (χ2n) is 6.72. The number of carbonyl (C=O) groups is 1. The van der Waals surface area contributed by atoms with Crippen LogP contribution in [0.2, 0.25) is 0 Å². The van der Waals surface area contributed by atoms with Crippen LogP contribution >= 0.6 is 0 Å². The fourth-order valence-corrected chi connectivity index (χ4v) is 4.64. The van der Waals surface area contributed by atoms with Gasteiger partial charge in [0.2, 0.25) is 10.0 Å². The zero-order chi connectivity index (χ0) is 18.6. The number of amides is 1. The van der Waals surface area contributed by atoms with Gasteiger partial charge >= 0.3 is 0 Å². The Kier molecular flexibility index (Phi) is 6.65. The van der Waals surface area contributed by atoms with Gasteiger partial charge in [-0.3, -0.25) is 4.79 Å². The number of rotatable bonds is 7. The second kappa shape index (κ2) is 8.33. The molecule has 0 radical (unpaired) electrons. The maximum atomic E-state index is 13.1. The predicted octanol–water partition coefficient (Wildman–Crippen LogP) is 1.70. The first-order valence-electron chi connectivity index (χ1n) is 8.77. The minimum absolute atomic E-state index is 0.0540. The first-order valence-corrected chi connectivity index (χ1v) is 10.2. The van der Waals surface area contributed by atoms with Crippen molar-refractivity contribution < 1.29 is 17.9 Å². The van der Waals surface area contributed by atoms with Gasteiger partial charge in [-0.05, 0) is 31.7 Å². The van der Waals surface area contributed by atoms with Crippen LogP contribution in [0.25, 0.3) is 0 Å². The summed E-state index contributed by atoms with van der Waals surface area (Å²) < 4.78 is 34.9. The zero-order valence-electron chi connectivity index (χ0n) is 15.6. The maximum Gasteiger partial charge on any atom is 0.269 e. The van der Waals surface area contributed by atoms with Crippen LogP contribution in [0.5, 0.6) is 0 Å². The number of ether oxygens (including phenoxy) is 1. The molecule has 1 aliphatic heterocycles. The molecule has 1 aromatic rings. The lowest BCUT2D eigenvalue weighted by Crippen LogP contribution is -2.40. The van der Waals surface area contributed by atoms with Gasteiger partial charge in [0.25, 0.3) is 5.91 Å². The molecule has 2 rings (SSSR count). The molecular formula is C17H29N3O4S. The summed E-state index contributed by atoms with van der Waals surface area (Å²) in [6.07, 6.45) is 5.17.